The number of hydrogen-bond acceptors (Lipinski definition) is 4. The van der Waals surface area contributed by atoms with Gasteiger partial charge >= 0.3 is 0 Å². The molecule has 0 saturated carbocycles. The second-order valence-electron chi connectivity index (χ2n) is 6.43. The zero-order valence-corrected chi connectivity index (χ0v) is 15.0. The Hall–Kier alpha value is -1.81. The van der Waals surface area contributed by atoms with Crippen molar-refractivity contribution in [2.45, 2.75) is 44.8 Å². The first-order valence-corrected chi connectivity index (χ1v) is 9.79. The van der Waals surface area contributed by atoms with Gasteiger partial charge in [0, 0.05) is 18.0 Å². The third-order valence-electron chi connectivity index (χ3n) is 5.06. The van der Waals surface area contributed by atoms with Gasteiger partial charge in [0.05, 0.1) is 11.7 Å². The summed E-state index contributed by atoms with van der Waals surface area (Å²) in [5.41, 5.74) is 3.80. The molecule has 2 aliphatic heterocycles. The molecular formula is C20H23N3S. The van der Waals surface area contributed by atoms with E-state index < -0.39 is 0 Å². The van der Waals surface area contributed by atoms with Crippen molar-refractivity contribution in [2.75, 3.05) is 5.75 Å². The number of thioether (sulfide) groups is 1. The molecule has 4 rings (SSSR count). The molecule has 3 heterocycles. The Balaban J connectivity index is 1.76. The number of aromatic nitrogens is 1. The number of rotatable bonds is 4. The van der Waals surface area contributed by atoms with Gasteiger partial charge in [-0.15, -0.1) is 0 Å². The summed E-state index contributed by atoms with van der Waals surface area (Å²) < 4.78 is 0. The van der Waals surface area contributed by atoms with E-state index in [9.17, 15) is 0 Å². The lowest BCUT2D eigenvalue weighted by Crippen LogP contribution is -2.35. The Bertz CT molecular complexity index is 726. The SMILES string of the molecule is CCc1ccc([C@H]2[C@H](c3ccccn3)N=C3SC[C@@H](CC)N32)cc1. The zero-order chi connectivity index (χ0) is 16.5. The van der Waals surface area contributed by atoms with Crippen molar-refractivity contribution in [2.24, 2.45) is 4.99 Å². The van der Waals surface area contributed by atoms with Crippen molar-refractivity contribution >= 4 is 16.9 Å². The summed E-state index contributed by atoms with van der Waals surface area (Å²) in [6.07, 6.45) is 4.11. The van der Waals surface area contributed by atoms with Gasteiger partial charge in [0.15, 0.2) is 5.17 Å². The molecule has 0 radical (unpaired) electrons. The molecule has 0 N–H and O–H groups in total. The van der Waals surface area contributed by atoms with E-state index in [0.29, 0.717) is 6.04 Å². The number of pyridine rings is 1. The summed E-state index contributed by atoms with van der Waals surface area (Å²) in [5, 5.41) is 1.20. The van der Waals surface area contributed by atoms with E-state index in [-0.39, 0.29) is 12.1 Å². The average molecular weight is 337 g/mol. The van der Waals surface area contributed by atoms with Gasteiger partial charge in [0.2, 0.25) is 0 Å². The summed E-state index contributed by atoms with van der Waals surface area (Å²) in [6.45, 7) is 4.48. The molecular weight excluding hydrogens is 314 g/mol. The van der Waals surface area contributed by atoms with Gasteiger partial charge in [-0.25, -0.2) is 0 Å². The fourth-order valence-corrected chi connectivity index (χ4v) is 5.00. The molecule has 2 aliphatic rings. The monoisotopic (exact) mass is 337 g/mol. The first kappa shape index (κ1) is 15.7. The van der Waals surface area contributed by atoms with E-state index in [1.165, 1.54) is 16.3 Å². The second-order valence-corrected chi connectivity index (χ2v) is 7.42. The Kier molecular flexibility index (Phi) is 4.31. The van der Waals surface area contributed by atoms with E-state index >= 15 is 0 Å². The van der Waals surface area contributed by atoms with E-state index in [1.807, 2.05) is 24.0 Å². The van der Waals surface area contributed by atoms with Crippen LogP contribution in [0.3, 0.4) is 0 Å². The van der Waals surface area contributed by atoms with Crippen LogP contribution in [-0.4, -0.2) is 26.8 Å². The Morgan fingerprint density at radius 2 is 1.96 bits per heavy atom. The van der Waals surface area contributed by atoms with E-state index in [1.54, 1.807) is 0 Å². The van der Waals surface area contributed by atoms with Crippen LogP contribution in [-0.2, 0) is 6.42 Å². The molecule has 3 atom stereocenters. The van der Waals surface area contributed by atoms with Crippen molar-refractivity contribution in [3.05, 3.63) is 65.5 Å². The normalized spacial score (nSPS) is 25.7. The highest BCUT2D eigenvalue weighted by Crippen LogP contribution is 2.48. The van der Waals surface area contributed by atoms with E-state index in [4.69, 9.17) is 4.99 Å². The Morgan fingerprint density at radius 3 is 2.62 bits per heavy atom. The number of nitrogens with zero attached hydrogens (tertiary/aromatic N) is 3. The van der Waals surface area contributed by atoms with Crippen LogP contribution in [0.1, 0.15) is 49.2 Å². The van der Waals surface area contributed by atoms with E-state index in [0.717, 1.165) is 24.3 Å². The topological polar surface area (TPSA) is 28.5 Å². The zero-order valence-electron chi connectivity index (χ0n) is 14.2. The lowest BCUT2D eigenvalue weighted by atomic mass is 9.94. The smallest absolute Gasteiger partial charge is 0.160 e. The number of benzene rings is 1. The van der Waals surface area contributed by atoms with Crippen molar-refractivity contribution in [1.29, 1.82) is 0 Å². The van der Waals surface area contributed by atoms with Crippen LogP contribution in [0, 0.1) is 0 Å². The second kappa shape index (κ2) is 6.60. The highest BCUT2D eigenvalue weighted by atomic mass is 32.2. The maximum atomic E-state index is 5.06. The fourth-order valence-electron chi connectivity index (χ4n) is 3.66. The van der Waals surface area contributed by atoms with Gasteiger partial charge in [0.25, 0.3) is 0 Å². The van der Waals surface area contributed by atoms with Crippen LogP contribution >= 0.6 is 11.8 Å². The molecule has 0 aliphatic carbocycles. The molecule has 0 spiro atoms. The molecule has 124 valence electrons. The van der Waals surface area contributed by atoms with Crippen LogP contribution in [0.25, 0.3) is 0 Å². The van der Waals surface area contributed by atoms with Crippen molar-refractivity contribution in [1.82, 2.24) is 9.88 Å². The summed E-state index contributed by atoms with van der Waals surface area (Å²) >= 11 is 1.90. The first-order valence-electron chi connectivity index (χ1n) is 8.80. The van der Waals surface area contributed by atoms with Gasteiger partial charge in [-0.3, -0.25) is 9.98 Å². The first-order chi connectivity index (χ1) is 11.8. The van der Waals surface area contributed by atoms with Crippen molar-refractivity contribution < 1.29 is 0 Å². The number of fused-ring (bicyclic) bond motifs is 1. The molecule has 2 aromatic rings. The van der Waals surface area contributed by atoms with Crippen LogP contribution in [0.2, 0.25) is 0 Å². The number of hydrogen-bond donors (Lipinski definition) is 0. The van der Waals surface area contributed by atoms with Crippen LogP contribution in [0.4, 0.5) is 0 Å². The average Bonchev–Trinajstić information content (AvgIpc) is 3.21. The quantitative estimate of drug-likeness (QED) is 0.815. The molecule has 1 fully saturated rings. The van der Waals surface area contributed by atoms with Gasteiger partial charge in [-0.1, -0.05) is 55.9 Å². The molecule has 4 heteroatoms. The minimum atomic E-state index is 0.0931. The molecule has 24 heavy (non-hydrogen) atoms. The van der Waals surface area contributed by atoms with E-state index in [2.05, 4.69) is 60.1 Å². The van der Waals surface area contributed by atoms with Crippen LogP contribution in [0.5, 0.6) is 0 Å². The molecule has 0 bridgehead atoms. The molecule has 1 aromatic heterocycles. The van der Waals surface area contributed by atoms with Crippen molar-refractivity contribution in [3.8, 4) is 0 Å². The number of aryl methyl sites for hydroxylation is 1. The molecule has 1 saturated heterocycles. The maximum absolute atomic E-state index is 5.06. The molecule has 0 amide bonds. The standard InChI is InChI=1S/C20H23N3S/c1-3-14-8-10-15(11-9-14)19-18(17-7-5-6-12-21-17)22-20-23(19)16(4-2)13-24-20/h5-12,16,18-19H,3-4,13H2,1-2H3/t16-,18+,19+/m1/s1. The predicted molar refractivity (Wildman–Crippen MR) is 101 cm³/mol. The summed E-state index contributed by atoms with van der Waals surface area (Å²) in [5.74, 6) is 1.15. The van der Waals surface area contributed by atoms with Gasteiger partial charge in [-0.2, -0.15) is 0 Å². The third kappa shape index (κ3) is 2.63. The van der Waals surface area contributed by atoms with Gasteiger partial charge in [0.1, 0.15) is 6.04 Å². The maximum Gasteiger partial charge on any atom is 0.160 e. The highest BCUT2D eigenvalue weighted by Gasteiger charge is 2.45. The molecule has 0 unspecified atom stereocenters. The number of aliphatic imine (C=N–C) groups is 1. The van der Waals surface area contributed by atoms with Gasteiger partial charge < -0.3 is 4.90 Å². The summed E-state index contributed by atoms with van der Waals surface area (Å²) in [4.78, 5) is 12.2. The summed E-state index contributed by atoms with van der Waals surface area (Å²) in [7, 11) is 0. The Labute approximate surface area is 148 Å². The van der Waals surface area contributed by atoms with Crippen molar-refractivity contribution in [3.63, 3.8) is 0 Å². The third-order valence-corrected chi connectivity index (χ3v) is 6.18. The van der Waals surface area contributed by atoms with Crippen LogP contribution < -0.4 is 0 Å². The lowest BCUT2D eigenvalue weighted by molar-refractivity contribution is 0.255. The highest BCUT2D eigenvalue weighted by molar-refractivity contribution is 8.14. The fraction of sp³-hybridized carbons (Fsp3) is 0.400. The largest absolute Gasteiger partial charge is 0.338 e. The minimum Gasteiger partial charge on any atom is -0.338 e. The number of amidine groups is 1. The predicted octanol–water partition coefficient (Wildman–Crippen LogP) is 4.62. The summed E-state index contributed by atoms with van der Waals surface area (Å²) in [6, 6.07) is 16.2. The Morgan fingerprint density at radius 1 is 1.12 bits per heavy atom. The van der Waals surface area contributed by atoms with Crippen LogP contribution in [0.15, 0.2) is 53.7 Å². The minimum absolute atomic E-state index is 0.0931. The lowest BCUT2D eigenvalue weighted by Gasteiger charge is -2.32. The molecule has 3 nitrogen and oxygen atoms in total. The molecule has 1 aromatic carbocycles. The van der Waals surface area contributed by atoms with Gasteiger partial charge in [-0.05, 0) is 36.1 Å².